The van der Waals surface area contributed by atoms with Gasteiger partial charge in [0.2, 0.25) is 5.41 Å². The zero-order valence-corrected chi connectivity index (χ0v) is 12.7. The second-order valence-electron chi connectivity index (χ2n) is 5.42. The summed E-state index contributed by atoms with van der Waals surface area (Å²) in [4.78, 5) is 1.69. The van der Waals surface area contributed by atoms with Crippen molar-refractivity contribution in [3.05, 3.63) is 77.6 Å². The van der Waals surface area contributed by atoms with Gasteiger partial charge in [-0.05, 0) is 17.7 Å². The highest BCUT2D eigenvalue weighted by Crippen LogP contribution is 2.52. The van der Waals surface area contributed by atoms with Crippen LogP contribution in [0.3, 0.4) is 0 Å². The summed E-state index contributed by atoms with van der Waals surface area (Å²) in [6.07, 6.45) is 0. The summed E-state index contributed by atoms with van der Waals surface area (Å²) in [5, 5.41) is 29.1. The molecule has 114 valence electrons. The molecule has 2 N–H and O–H groups in total. The summed E-state index contributed by atoms with van der Waals surface area (Å²) in [5.74, 6) is 0.139. The van der Waals surface area contributed by atoms with Crippen molar-refractivity contribution >= 4 is 5.69 Å². The van der Waals surface area contributed by atoms with Crippen LogP contribution in [-0.4, -0.2) is 0 Å². The molecule has 2 aromatic rings. The van der Waals surface area contributed by atoms with Crippen molar-refractivity contribution < 1.29 is 0 Å². The monoisotopic (exact) mass is 311 g/mol. The molecule has 0 aromatic heterocycles. The Morgan fingerprint density at radius 1 is 0.875 bits per heavy atom. The van der Waals surface area contributed by atoms with Crippen LogP contribution < -0.4 is 10.6 Å². The number of rotatable bonds is 2. The first kappa shape index (κ1) is 15.2. The maximum atomic E-state index is 9.79. The van der Waals surface area contributed by atoms with Gasteiger partial charge in [0.15, 0.2) is 0 Å². The van der Waals surface area contributed by atoms with Gasteiger partial charge in [-0.2, -0.15) is 15.8 Å². The van der Waals surface area contributed by atoms with Crippen molar-refractivity contribution in [2.24, 2.45) is 11.1 Å². The normalized spacial score (nSPS) is 18.5. The van der Waals surface area contributed by atoms with E-state index in [9.17, 15) is 15.8 Å². The third-order valence-electron chi connectivity index (χ3n) is 4.19. The average molecular weight is 311 g/mol. The van der Waals surface area contributed by atoms with E-state index >= 15 is 0 Å². The third-order valence-corrected chi connectivity index (χ3v) is 4.19. The van der Waals surface area contributed by atoms with Gasteiger partial charge in [-0.3, -0.25) is 0 Å². The molecule has 0 aliphatic carbocycles. The molecule has 0 fully saturated rings. The molecule has 0 radical (unpaired) electrons. The van der Waals surface area contributed by atoms with Gasteiger partial charge < -0.3 is 10.6 Å². The zero-order valence-electron chi connectivity index (χ0n) is 12.7. The molecule has 3 rings (SSSR count). The molecule has 5 heteroatoms. The number of benzene rings is 2. The standard InChI is InChI=1S/C19H13N5/c20-11-16-18(23)24(15-9-5-2-6-10-15)17(19(16,12-21)13-22)14-7-3-1-4-8-14/h1-10,17H,23H2/t17-/m1/s1. The molecule has 1 atom stereocenters. The van der Waals surface area contributed by atoms with Crippen LogP contribution in [0.4, 0.5) is 5.69 Å². The topological polar surface area (TPSA) is 101 Å². The van der Waals surface area contributed by atoms with Crippen LogP contribution in [0.5, 0.6) is 0 Å². The van der Waals surface area contributed by atoms with Gasteiger partial charge in [-0.1, -0.05) is 48.5 Å². The van der Waals surface area contributed by atoms with Crippen LogP contribution in [-0.2, 0) is 0 Å². The van der Waals surface area contributed by atoms with E-state index in [1.54, 1.807) is 4.90 Å². The first-order valence-electron chi connectivity index (χ1n) is 7.31. The van der Waals surface area contributed by atoms with E-state index in [4.69, 9.17) is 5.73 Å². The third kappa shape index (κ3) is 1.99. The Labute approximate surface area is 140 Å². The maximum absolute atomic E-state index is 9.79. The Morgan fingerprint density at radius 2 is 1.42 bits per heavy atom. The highest BCUT2D eigenvalue weighted by atomic mass is 15.3. The molecule has 5 nitrogen and oxygen atoms in total. The van der Waals surface area contributed by atoms with Gasteiger partial charge in [0.1, 0.15) is 17.5 Å². The number of hydrogen-bond donors (Lipinski definition) is 1. The van der Waals surface area contributed by atoms with E-state index in [0.29, 0.717) is 0 Å². The van der Waals surface area contributed by atoms with E-state index in [1.165, 1.54) is 0 Å². The summed E-state index contributed by atoms with van der Waals surface area (Å²) in [6.45, 7) is 0. The summed E-state index contributed by atoms with van der Waals surface area (Å²) in [6, 6.07) is 23.8. The number of anilines is 1. The van der Waals surface area contributed by atoms with Crippen molar-refractivity contribution in [3.8, 4) is 18.2 Å². The lowest BCUT2D eigenvalue weighted by Crippen LogP contribution is -2.34. The Hall–Kier alpha value is -3.75. The van der Waals surface area contributed by atoms with E-state index < -0.39 is 11.5 Å². The number of nitrogens with zero attached hydrogens (tertiary/aromatic N) is 4. The molecular formula is C19H13N5. The molecule has 0 bridgehead atoms. The molecule has 24 heavy (non-hydrogen) atoms. The Balaban J connectivity index is 2.31. The fourth-order valence-corrected chi connectivity index (χ4v) is 3.11. The van der Waals surface area contributed by atoms with Gasteiger partial charge >= 0.3 is 0 Å². The Morgan fingerprint density at radius 3 is 1.92 bits per heavy atom. The first-order valence-corrected chi connectivity index (χ1v) is 7.31. The fraction of sp³-hybridized carbons (Fsp3) is 0.105. The molecule has 1 aliphatic heterocycles. The molecular weight excluding hydrogens is 298 g/mol. The van der Waals surface area contributed by atoms with Crippen LogP contribution in [0.1, 0.15) is 11.6 Å². The molecule has 0 saturated carbocycles. The summed E-state index contributed by atoms with van der Waals surface area (Å²) < 4.78 is 0. The lowest BCUT2D eigenvalue weighted by atomic mass is 9.76. The minimum atomic E-state index is -1.66. The van der Waals surface area contributed by atoms with Crippen LogP contribution >= 0.6 is 0 Å². The van der Waals surface area contributed by atoms with E-state index in [1.807, 2.05) is 78.9 Å². The SMILES string of the molecule is N#CC1=C(N)N(c2ccccc2)[C@H](c2ccccc2)C1(C#N)C#N. The quantitative estimate of drug-likeness (QED) is 0.918. The largest absolute Gasteiger partial charge is 0.384 e. The smallest absolute Gasteiger partial charge is 0.206 e. The van der Waals surface area contributed by atoms with Gasteiger partial charge in [0.05, 0.1) is 18.2 Å². The van der Waals surface area contributed by atoms with Gasteiger partial charge in [0, 0.05) is 5.69 Å². The van der Waals surface area contributed by atoms with Gasteiger partial charge in [0.25, 0.3) is 0 Å². The lowest BCUT2D eigenvalue weighted by molar-refractivity contribution is 0.521. The molecule has 0 spiro atoms. The van der Waals surface area contributed by atoms with E-state index in [2.05, 4.69) is 0 Å². The van der Waals surface area contributed by atoms with E-state index in [0.717, 1.165) is 11.3 Å². The van der Waals surface area contributed by atoms with Crippen LogP contribution in [0, 0.1) is 39.4 Å². The van der Waals surface area contributed by atoms with Crippen molar-refractivity contribution in [2.75, 3.05) is 4.90 Å². The second kappa shape index (κ2) is 5.80. The summed E-state index contributed by atoms with van der Waals surface area (Å²) in [7, 11) is 0. The predicted octanol–water partition coefficient (Wildman–Crippen LogP) is 2.98. The van der Waals surface area contributed by atoms with Gasteiger partial charge in [-0.15, -0.1) is 0 Å². The average Bonchev–Trinajstić information content (AvgIpc) is 2.91. The summed E-state index contributed by atoms with van der Waals surface area (Å²) in [5.41, 5.74) is 6.01. The first-order chi connectivity index (χ1) is 11.7. The molecule has 0 amide bonds. The minimum Gasteiger partial charge on any atom is -0.384 e. The van der Waals surface area contributed by atoms with Gasteiger partial charge in [-0.25, -0.2) is 0 Å². The number of hydrogen-bond acceptors (Lipinski definition) is 5. The number of para-hydroxylation sites is 1. The fourth-order valence-electron chi connectivity index (χ4n) is 3.11. The zero-order chi connectivity index (χ0) is 17.2. The predicted molar refractivity (Wildman–Crippen MR) is 88.6 cm³/mol. The van der Waals surface area contributed by atoms with Crippen molar-refractivity contribution in [2.45, 2.75) is 6.04 Å². The molecule has 0 unspecified atom stereocenters. The van der Waals surface area contributed by atoms with Crippen LogP contribution in [0.15, 0.2) is 72.1 Å². The molecule has 2 aromatic carbocycles. The molecule has 1 heterocycles. The summed E-state index contributed by atoms with van der Waals surface area (Å²) >= 11 is 0. The van der Waals surface area contributed by atoms with Crippen molar-refractivity contribution in [1.29, 1.82) is 15.8 Å². The Kier molecular flexibility index (Phi) is 3.66. The minimum absolute atomic E-state index is 0.00907. The lowest BCUT2D eigenvalue weighted by Gasteiger charge is -2.32. The maximum Gasteiger partial charge on any atom is 0.206 e. The van der Waals surface area contributed by atoms with E-state index in [-0.39, 0.29) is 11.4 Å². The second-order valence-corrected chi connectivity index (χ2v) is 5.42. The molecule has 0 saturated heterocycles. The number of nitriles is 3. The Bertz CT molecular complexity index is 896. The highest BCUT2D eigenvalue weighted by Gasteiger charge is 2.55. The number of nitrogens with two attached hydrogens (primary N) is 1. The van der Waals surface area contributed by atoms with Crippen LogP contribution in [0.2, 0.25) is 0 Å². The highest BCUT2D eigenvalue weighted by molar-refractivity contribution is 5.66. The van der Waals surface area contributed by atoms with Crippen LogP contribution in [0.25, 0.3) is 0 Å². The van der Waals surface area contributed by atoms with Crippen molar-refractivity contribution in [1.82, 2.24) is 0 Å². The molecule has 1 aliphatic rings. The van der Waals surface area contributed by atoms with Crippen molar-refractivity contribution in [3.63, 3.8) is 0 Å².